The maximum absolute atomic E-state index is 5.96. The Morgan fingerprint density at radius 3 is 0.807 bits per heavy atom. The van der Waals surface area contributed by atoms with Crippen molar-refractivity contribution in [2.24, 2.45) is 0 Å². The van der Waals surface area contributed by atoms with Crippen LogP contribution in [0.1, 0.15) is 0 Å². The van der Waals surface area contributed by atoms with Gasteiger partial charge in [-0.2, -0.15) is 0 Å². The smallest absolute Gasteiger partial charge is 0.0541 e. The van der Waals surface area contributed by atoms with E-state index in [-0.39, 0.29) is 0 Å². The highest BCUT2D eigenvalue weighted by molar-refractivity contribution is 6.30. The van der Waals surface area contributed by atoms with Crippen molar-refractivity contribution in [2.75, 3.05) is 10.2 Å². The molecule has 2 heterocycles. The van der Waals surface area contributed by atoms with Crippen molar-refractivity contribution in [3.63, 3.8) is 0 Å². The van der Waals surface area contributed by atoms with Crippen LogP contribution in [0.4, 0.5) is 28.4 Å². The van der Waals surface area contributed by atoms with Gasteiger partial charge >= 0.3 is 0 Å². The van der Waals surface area contributed by atoms with Gasteiger partial charge in [-0.15, -0.1) is 0 Å². The minimum atomic E-state index is 0.765. The number of para-hydroxylation sites is 4. The Bertz CT molecular complexity index is 6430. The van der Waals surface area contributed by atoms with E-state index in [2.05, 4.69) is 438 Å². The average molecular weight is 1410 g/mol. The van der Waals surface area contributed by atoms with E-state index in [0.717, 1.165) is 44.8 Å². The maximum atomic E-state index is 5.96. The number of aromatic nitrogens is 2. The highest BCUT2D eigenvalue weighted by atomic mass is 35.5. The van der Waals surface area contributed by atoms with E-state index in [1.807, 2.05) is 18.2 Å². The Balaban J connectivity index is 0.000000128. The number of rotatable bonds is 13. The quantitative estimate of drug-likeness (QED) is 0.124. The zero-order chi connectivity index (χ0) is 72.8. The molecule has 20 rings (SSSR count). The topological polar surface area (TPSA) is 25.1 Å². The van der Waals surface area contributed by atoms with E-state index in [9.17, 15) is 0 Å². The summed E-state index contributed by atoms with van der Waals surface area (Å²) in [6.07, 6.45) is 0. The molecule has 0 amide bonds. The van der Waals surface area contributed by atoms with Gasteiger partial charge in [0, 0.05) is 66.4 Å². The lowest BCUT2D eigenvalue weighted by Gasteiger charge is -2.26. The molecule has 0 saturated heterocycles. The molecule has 18 aromatic carbocycles. The van der Waals surface area contributed by atoms with Gasteiger partial charge in [0.1, 0.15) is 0 Å². The normalized spacial score (nSPS) is 11.2. The minimum Gasteiger partial charge on any atom is -0.356 e. The molecule has 0 spiro atoms. The summed E-state index contributed by atoms with van der Waals surface area (Å²) in [5.74, 6) is 0. The van der Waals surface area contributed by atoms with Crippen LogP contribution < -0.4 is 10.2 Å². The number of halogens is 1. The van der Waals surface area contributed by atoms with Crippen LogP contribution in [-0.2, 0) is 0 Å². The lowest BCUT2D eigenvalue weighted by molar-refractivity contribution is 1.17. The monoisotopic (exact) mass is 1410 g/mol. The van der Waals surface area contributed by atoms with Gasteiger partial charge in [-0.05, 0) is 210 Å². The molecular weight excluding hydrogens is 1340 g/mol. The first-order chi connectivity index (χ1) is 54.0. The first kappa shape index (κ1) is 66.9. The molecule has 0 unspecified atom stereocenters. The Kier molecular flexibility index (Phi) is 18.5. The predicted molar refractivity (Wildman–Crippen MR) is 465 cm³/mol. The van der Waals surface area contributed by atoms with Crippen molar-refractivity contribution in [3.05, 3.63) is 442 Å². The van der Waals surface area contributed by atoms with Crippen molar-refractivity contribution in [1.82, 2.24) is 9.13 Å². The first-order valence-corrected chi connectivity index (χ1v) is 37.4. The predicted octanol–water partition coefficient (Wildman–Crippen LogP) is 29.4. The molecule has 0 bridgehead atoms. The molecule has 0 atom stereocenters. The molecule has 2 aromatic heterocycles. The zero-order valence-electron chi connectivity index (χ0n) is 59.8. The number of hydrogen-bond acceptors (Lipinski definition) is 2. The molecule has 0 fully saturated rings. The van der Waals surface area contributed by atoms with Crippen molar-refractivity contribution < 1.29 is 0 Å². The van der Waals surface area contributed by atoms with Gasteiger partial charge in [0.2, 0.25) is 0 Å². The van der Waals surface area contributed by atoms with E-state index in [0.29, 0.717) is 0 Å². The third-order valence-corrected chi connectivity index (χ3v) is 21.0. The molecule has 0 aliphatic rings. The number of hydrogen-bond donors (Lipinski definition) is 1. The van der Waals surface area contributed by atoms with Crippen LogP contribution in [-0.4, -0.2) is 9.13 Å². The van der Waals surface area contributed by atoms with Gasteiger partial charge in [0.25, 0.3) is 0 Å². The fourth-order valence-corrected chi connectivity index (χ4v) is 15.5. The van der Waals surface area contributed by atoms with E-state index >= 15 is 0 Å². The third-order valence-electron chi connectivity index (χ3n) is 20.8. The lowest BCUT2D eigenvalue weighted by atomic mass is 9.96. The Morgan fingerprint density at radius 1 is 0.193 bits per heavy atom. The molecule has 516 valence electrons. The summed E-state index contributed by atoms with van der Waals surface area (Å²) in [5.41, 5.74) is 27.2. The number of nitrogens with zero attached hydrogens (tertiary/aromatic N) is 3. The van der Waals surface area contributed by atoms with Crippen LogP contribution in [0.15, 0.2) is 437 Å². The summed E-state index contributed by atoms with van der Waals surface area (Å²) in [5, 5.41) is 14.5. The molecule has 0 aliphatic heterocycles. The number of nitrogens with one attached hydrogen (secondary N) is 1. The van der Waals surface area contributed by atoms with Crippen LogP contribution in [0.2, 0.25) is 5.02 Å². The maximum Gasteiger partial charge on any atom is 0.0541 e. The molecule has 20 aromatic rings. The van der Waals surface area contributed by atoms with Crippen LogP contribution in [0.25, 0.3) is 143 Å². The summed E-state index contributed by atoms with van der Waals surface area (Å²) in [4.78, 5) is 2.35. The summed E-state index contributed by atoms with van der Waals surface area (Å²) in [6, 6.07) is 155. The molecular formula is C104H73ClN4. The van der Waals surface area contributed by atoms with Crippen molar-refractivity contribution in [3.8, 4) is 78.1 Å². The molecule has 0 radical (unpaired) electrons. The molecule has 0 aliphatic carbocycles. The second kappa shape index (κ2) is 30.2. The minimum absolute atomic E-state index is 0.765. The van der Waals surface area contributed by atoms with Crippen LogP contribution in [0, 0.1) is 0 Å². The third kappa shape index (κ3) is 13.8. The SMILES string of the molecule is Clc1ccc(-c2ccc(-c3cccc4ccccc34)cc2)cc1.c1ccc(-c2ccc(N(c3ccc(-c4ccc(-c5cccc6ccccc56)cc4)cc3)c3ccc(-n4c5ccccc5c5ccccc54)cc3)cc2)cc1.c1ccc(-c2ccc(Nc3ccc(-n4c5ccccc5c5ccccc54)cc3)cc2)cc1. The van der Waals surface area contributed by atoms with Crippen molar-refractivity contribution in [2.45, 2.75) is 0 Å². The van der Waals surface area contributed by atoms with E-state index in [1.54, 1.807) is 0 Å². The standard InChI is InChI=1S/C52H36N2.C30H22N2.C22H15Cl/c1-2-11-37(12-3-1)39-25-29-43(30-26-39)53(45-33-35-46(36-34-45)54-51-19-8-6-16-49(51)50-17-7-9-20-52(50)54)44-31-27-40(28-32-44)38-21-23-42(24-22-38)48-18-10-14-41-13-4-5-15-47(41)48;1-2-8-22(9-3-1)23-14-16-24(17-15-23)31-25-18-20-26(21-19-25)32-29-12-6-4-10-27(29)28-11-5-7-13-30(28)32;23-20-14-12-17(13-15-20)16-8-10-19(11-9-16)22-7-3-5-18-4-1-2-6-21(18)22/h1-36H;1-21,31H;1-15H. The fraction of sp³-hybridized carbons (Fsp3) is 0. The largest absolute Gasteiger partial charge is 0.356 e. The van der Waals surface area contributed by atoms with E-state index in [4.69, 9.17) is 11.6 Å². The molecule has 0 saturated carbocycles. The number of benzene rings is 18. The van der Waals surface area contributed by atoms with E-state index in [1.165, 1.54) is 132 Å². The van der Waals surface area contributed by atoms with Gasteiger partial charge in [0.15, 0.2) is 0 Å². The van der Waals surface area contributed by atoms with Gasteiger partial charge in [-0.3, -0.25) is 0 Å². The van der Waals surface area contributed by atoms with Crippen molar-refractivity contribution in [1.29, 1.82) is 0 Å². The van der Waals surface area contributed by atoms with Crippen LogP contribution in [0.5, 0.6) is 0 Å². The second-order valence-electron chi connectivity index (χ2n) is 27.4. The molecule has 5 heteroatoms. The molecule has 109 heavy (non-hydrogen) atoms. The second-order valence-corrected chi connectivity index (χ2v) is 27.8. The fourth-order valence-electron chi connectivity index (χ4n) is 15.4. The van der Waals surface area contributed by atoms with Crippen LogP contribution >= 0.6 is 11.6 Å². The van der Waals surface area contributed by atoms with Gasteiger partial charge in [-0.1, -0.05) is 327 Å². The Labute approximate surface area is 640 Å². The average Bonchev–Trinajstić information content (AvgIpc) is 1.56. The highest BCUT2D eigenvalue weighted by Crippen LogP contribution is 2.41. The van der Waals surface area contributed by atoms with Crippen molar-refractivity contribution >= 4 is 105 Å². The summed E-state index contributed by atoms with van der Waals surface area (Å²) in [7, 11) is 0. The van der Waals surface area contributed by atoms with Gasteiger partial charge in [-0.25, -0.2) is 0 Å². The summed E-state index contributed by atoms with van der Waals surface area (Å²) in [6.45, 7) is 0. The van der Waals surface area contributed by atoms with Gasteiger partial charge < -0.3 is 19.4 Å². The number of anilines is 5. The Hall–Kier alpha value is -14.0. The van der Waals surface area contributed by atoms with Gasteiger partial charge in [0.05, 0.1) is 22.1 Å². The summed E-state index contributed by atoms with van der Waals surface area (Å²) >= 11 is 5.96. The summed E-state index contributed by atoms with van der Waals surface area (Å²) < 4.78 is 4.71. The Morgan fingerprint density at radius 2 is 0.440 bits per heavy atom. The highest BCUT2D eigenvalue weighted by Gasteiger charge is 2.18. The van der Waals surface area contributed by atoms with Crippen LogP contribution in [0.3, 0.4) is 0 Å². The molecule has 4 nitrogen and oxygen atoms in total. The van der Waals surface area contributed by atoms with E-state index < -0.39 is 0 Å². The molecule has 1 N–H and O–H groups in total. The zero-order valence-corrected chi connectivity index (χ0v) is 60.5. The first-order valence-electron chi connectivity index (χ1n) is 37.0. The lowest BCUT2D eigenvalue weighted by Crippen LogP contribution is -2.10. The number of fused-ring (bicyclic) bond motifs is 8.